The van der Waals surface area contributed by atoms with E-state index >= 15 is 0 Å². The molecule has 3 rings (SSSR count). The third-order valence-electron chi connectivity index (χ3n) is 3.72. The van der Waals surface area contributed by atoms with Gasteiger partial charge in [0.2, 0.25) is 5.95 Å². The van der Waals surface area contributed by atoms with Gasteiger partial charge < -0.3 is 10.4 Å². The van der Waals surface area contributed by atoms with Gasteiger partial charge in [-0.3, -0.25) is 0 Å². The fourth-order valence-corrected chi connectivity index (χ4v) is 5.21. The second kappa shape index (κ2) is 7.18. The molecular weight excluding hydrogens is 400 g/mol. The Hall–Kier alpha value is -2.63. The van der Waals surface area contributed by atoms with Crippen LogP contribution < -0.4 is 5.32 Å². The summed E-state index contributed by atoms with van der Waals surface area (Å²) < 4.78 is 55.8. The molecule has 142 valence electrons. The van der Waals surface area contributed by atoms with Crippen LogP contribution in [-0.4, -0.2) is 35.5 Å². The predicted octanol–water partition coefficient (Wildman–Crippen LogP) is 2.54. The average molecular weight is 413 g/mol. The number of carbonyl (C=O) groups is 1. The number of carboxylic acids is 1. The van der Waals surface area contributed by atoms with Gasteiger partial charge in [0.1, 0.15) is 15.5 Å². The van der Waals surface area contributed by atoms with E-state index in [9.17, 15) is 27.1 Å². The highest BCUT2D eigenvalue weighted by molar-refractivity contribution is 7.90. The van der Waals surface area contributed by atoms with Crippen molar-refractivity contribution >= 4 is 27.3 Å². The zero-order valence-corrected chi connectivity index (χ0v) is 15.4. The third-order valence-corrected chi connectivity index (χ3v) is 6.46. The van der Waals surface area contributed by atoms with Gasteiger partial charge in [-0.1, -0.05) is 0 Å². The van der Waals surface area contributed by atoms with Crippen molar-refractivity contribution in [2.75, 3.05) is 7.05 Å². The van der Waals surface area contributed by atoms with Gasteiger partial charge in [0.25, 0.3) is 10.0 Å². The minimum absolute atomic E-state index is 0.0152. The Kier molecular flexibility index (Phi) is 5.09. The Morgan fingerprint density at radius 3 is 2.74 bits per heavy atom. The lowest BCUT2D eigenvalue weighted by molar-refractivity contribution is 0.0698. The Morgan fingerprint density at radius 1 is 1.37 bits per heavy atom. The molecular formula is C16H13F2N3O4S2. The number of halogens is 2. The molecule has 0 bridgehead atoms. The first-order valence-corrected chi connectivity index (χ1v) is 9.82. The second-order valence-electron chi connectivity index (χ2n) is 5.41. The van der Waals surface area contributed by atoms with Crippen molar-refractivity contribution < 1.29 is 27.1 Å². The fourth-order valence-electron chi connectivity index (χ4n) is 2.58. The summed E-state index contributed by atoms with van der Waals surface area (Å²) in [5.74, 6) is -3.42. The van der Waals surface area contributed by atoms with E-state index in [1.54, 1.807) is 0 Å². The lowest BCUT2D eigenvalue weighted by Crippen LogP contribution is -2.16. The van der Waals surface area contributed by atoms with E-state index in [1.807, 2.05) is 0 Å². The summed E-state index contributed by atoms with van der Waals surface area (Å²) in [7, 11) is -2.96. The number of rotatable bonds is 6. The molecule has 11 heteroatoms. The molecule has 3 heterocycles. The normalized spacial score (nSPS) is 11.7. The first-order chi connectivity index (χ1) is 12.8. The van der Waals surface area contributed by atoms with Crippen LogP contribution in [0.4, 0.5) is 8.78 Å². The highest BCUT2D eigenvalue weighted by Crippen LogP contribution is 2.33. The quantitative estimate of drug-likeness (QED) is 0.603. The topological polar surface area (TPSA) is 101 Å². The zero-order valence-electron chi connectivity index (χ0n) is 13.8. The summed E-state index contributed by atoms with van der Waals surface area (Å²) in [6.07, 6.45) is 2.15. The number of carboxylic acid groups (broad SMARTS) is 1. The SMILES string of the molecule is CNCc1cn(S(=O)(=O)c2ccsc2C(=O)O)c(-c2cccnc2F)c1F. The van der Waals surface area contributed by atoms with Crippen LogP contribution in [0.5, 0.6) is 0 Å². The van der Waals surface area contributed by atoms with Crippen molar-refractivity contribution in [3.63, 3.8) is 0 Å². The van der Waals surface area contributed by atoms with E-state index in [0.717, 1.165) is 29.8 Å². The van der Waals surface area contributed by atoms with E-state index in [0.29, 0.717) is 3.97 Å². The number of hydrogen-bond acceptors (Lipinski definition) is 6. The molecule has 0 atom stereocenters. The van der Waals surface area contributed by atoms with Crippen LogP contribution in [0.15, 0.2) is 40.9 Å². The predicted molar refractivity (Wildman–Crippen MR) is 94.2 cm³/mol. The van der Waals surface area contributed by atoms with Crippen molar-refractivity contribution in [1.82, 2.24) is 14.3 Å². The van der Waals surface area contributed by atoms with E-state index < -0.39 is 43.2 Å². The molecule has 0 aliphatic heterocycles. The lowest BCUT2D eigenvalue weighted by Gasteiger charge is -2.10. The number of nitrogens with one attached hydrogen (secondary N) is 1. The molecule has 0 saturated heterocycles. The fraction of sp³-hybridized carbons (Fsp3) is 0.125. The van der Waals surface area contributed by atoms with Gasteiger partial charge >= 0.3 is 5.97 Å². The van der Waals surface area contributed by atoms with Crippen LogP contribution >= 0.6 is 11.3 Å². The van der Waals surface area contributed by atoms with Crippen molar-refractivity contribution in [1.29, 1.82) is 0 Å². The molecule has 0 fully saturated rings. The molecule has 0 radical (unpaired) electrons. The van der Waals surface area contributed by atoms with Crippen molar-refractivity contribution in [2.24, 2.45) is 0 Å². The van der Waals surface area contributed by atoms with Gasteiger partial charge in [-0.05, 0) is 30.6 Å². The average Bonchev–Trinajstić information content (AvgIpc) is 3.23. The Labute approximate surface area is 157 Å². The van der Waals surface area contributed by atoms with Crippen LogP contribution in [0.1, 0.15) is 15.2 Å². The standard InChI is InChI=1S/C16H13F2N3O4S2/c1-19-7-9-8-21(13(12(9)17)10-3-2-5-20-15(10)18)27(24,25)11-4-6-26-14(11)16(22)23/h2-6,8,19H,7H2,1H3,(H,22,23). The molecule has 27 heavy (non-hydrogen) atoms. The number of nitrogens with zero attached hydrogens (tertiary/aromatic N) is 2. The minimum Gasteiger partial charge on any atom is -0.477 e. The van der Waals surface area contributed by atoms with Crippen LogP contribution in [0, 0.1) is 11.8 Å². The number of thiophene rings is 1. The van der Waals surface area contributed by atoms with E-state index in [2.05, 4.69) is 10.3 Å². The summed E-state index contributed by atoms with van der Waals surface area (Å²) in [5.41, 5.74) is -0.923. The lowest BCUT2D eigenvalue weighted by atomic mass is 10.2. The molecule has 0 amide bonds. The maximum atomic E-state index is 14.9. The third kappa shape index (κ3) is 3.24. The number of hydrogen-bond donors (Lipinski definition) is 2. The largest absolute Gasteiger partial charge is 0.477 e. The molecule has 0 unspecified atom stereocenters. The first-order valence-electron chi connectivity index (χ1n) is 7.50. The van der Waals surface area contributed by atoms with Crippen molar-refractivity contribution in [2.45, 2.75) is 11.4 Å². The van der Waals surface area contributed by atoms with Crippen molar-refractivity contribution in [3.05, 3.63) is 58.2 Å². The summed E-state index contributed by atoms with van der Waals surface area (Å²) in [5, 5.41) is 13.2. The highest BCUT2D eigenvalue weighted by Gasteiger charge is 2.31. The van der Waals surface area contributed by atoms with Crippen LogP contribution in [0.25, 0.3) is 11.3 Å². The van der Waals surface area contributed by atoms with E-state index in [4.69, 9.17) is 0 Å². The van der Waals surface area contributed by atoms with Gasteiger partial charge in [-0.25, -0.2) is 26.6 Å². The van der Waals surface area contributed by atoms with E-state index in [1.165, 1.54) is 24.6 Å². The van der Waals surface area contributed by atoms with Gasteiger partial charge in [-0.15, -0.1) is 11.3 Å². The van der Waals surface area contributed by atoms with Gasteiger partial charge in [0.15, 0.2) is 5.82 Å². The monoisotopic (exact) mass is 413 g/mol. The van der Waals surface area contributed by atoms with E-state index in [-0.39, 0.29) is 17.7 Å². The Morgan fingerprint density at radius 2 is 2.11 bits per heavy atom. The summed E-state index contributed by atoms with van der Waals surface area (Å²) in [4.78, 5) is 13.8. The van der Waals surface area contributed by atoms with Gasteiger partial charge in [0, 0.05) is 24.5 Å². The molecule has 3 aromatic heterocycles. The number of aromatic carboxylic acids is 1. The molecule has 0 aliphatic carbocycles. The zero-order chi connectivity index (χ0) is 19.8. The van der Waals surface area contributed by atoms with Gasteiger partial charge in [0.05, 0.1) is 5.56 Å². The van der Waals surface area contributed by atoms with Crippen LogP contribution in [0.3, 0.4) is 0 Å². The smallest absolute Gasteiger partial charge is 0.347 e. The Bertz CT molecular complexity index is 1120. The van der Waals surface area contributed by atoms with Crippen molar-refractivity contribution in [3.8, 4) is 11.3 Å². The molecule has 0 spiro atoms. The van der Waals surface area contributed by atoms with Gasteiger partial charge in [-0.2, -0.15) is 4.39 Å². The Balaban J connectivity index is 2.32. The maximum absolute atomic E-state index is 14.9. The molecule has 0 aliphatic rings. The minimum atomic E-state index is -4.50. The number of pyridine rings is 1. The highest BCUT2D eigenvalue weighted by atomic mass is 32.2. The molecule has 3 aromatic rings. The summed E-state index contributed by atoms with van der Waals surface area (Å²) >= 11 is 0.721. The van der Waals surface area contributed by atoms with Crippen LogP contribution in [-0.2, 0) is 16.6 Å². The second-order valence-corrected chi connectivity index (χ2v) is 8.11. The van der Waals surface area contributed by atoms with Crippen LogP contribution in [0.2, 0.25) is 0 Å². The maximum Gasteiger partial charge on any atom is 0.347 e. The molecule has 2 N–H and O–H groups in total. The molecule has 0 saturated carbocycles. The summed E-state index contributed by atoms with van der Waals surface area (Å²) in [6, 6.07) is 3.65. The molecule has 7 nitrogen and oxygen atoms in total. The summed E-state index contributed by atoms with van der Waals surface area (Å²) in [6.45, 7) is -0.0152. The first kappa shape index (κ1) is 19.1. The number of aromatic nitrogens is 2. The molecule has 0 aromatic carbocycles.